The van der Waals surface area contributed by atoms with Gasteiger partial charge in [0.05, 0.1) is 23.1 Å². The summed E-state index contributed by atoms with van der Waals surface area (Å²) in [4.78, 5) is 11.0. The zero-order valence-corrected chi connectivity index (χ0v) is 8.71. The van der Waals surface area contributed by atoms with Crippen LogP contribution >= 0.6 is 0 Å². The summed E-state index contributed by atoms with van der Waals surface area (Å²) in [5.41, 5.74) is 1.56. The molecule has 16 heavy (non-hydrogen) atoms. The van der Waals surface area contributed by atoms with Gasteiger partial charge in [0.15, 0.2) is 0 Å². The first-order chi connectivity index (χ1) is 7.66. The van der Waals surface area contributed by atoms with Gasteiger partial charge in [-0.1, -0.05) is 12.1 Å². The monoisotopic (exact) mass is 217 g/mol. The Balaban J connectivity index is 2.31. The number of benzene rings is 1. The van der Waals surface area contributed by atoms with Crippen LogP contribution in [0.2, 0.25) is 0 Å². The van der Waals surface area contributed by atoms with Crippen LogP contribution in [0.25, 0.3) is 0 Å². The Kier molecular flexibility index (Phi) is 2.59. The highest BCUT2D eigenvalue weighted by atomic mass is 16.4. The second-order valence-corrected chi connectivity index (χ2v) is 3.38. The minimum Gasteiger partial charge on any atom is -0.478 e. The van der Waals surface area contributed by atoms with Crippen LogP contribution in [0.15, 0.2) is 36.7 Å². The number of hydrogen-bond donors (Lipinski definition) is 2. The molecule has 0 radical (unpaired) electrons. The van der Waals surface area contributed by atoms with Crippen molar-refractivity contribution >= 4 is 17.3 Å². The Morgan fingerprint density at radius 3 is 2.81 bits per heavy atom. The molecular formula is C11H11N3O2. The molecule has 0 saturated heterocycles. The number of carboxylic acid groups (broad SMARTS) is 1. The first kappa shape index (κ1) is 10.2. The Labute approximate surface area is 92.3 Å². The number of hydrogen-bond acceptors (Lipinski definition) is 3. The number of carbonyl (C=O) groups is 1. The zero-order valence-electron chi connectivity index (χ0n) is 8.71. The Morgan fingerprint density at radius 2 is 2.19 bits per heavy atom. The van der Waals surface area contributed by atoms with Gasteiger partial charge < -0.3 is 10.4 Å². The van der Waals surface area contributed by atoms with E-state index in [1.165, 1.54) is 0 Å². The third-order valence-electron chi connectivity index (χ3n) is 2.14. The number of aryl methyl sites for hydroxylation is 1. The highest BCUT2D eigenvalue weighted by molar-refractivity contribution is 5.95. The van der Waals surface area contributed by atoms with Crippen LogP contribution in [0, 0.1) is 0 Å². The molecule has 0 fully saturated rings. The van der Waals surface area contributed by atoms with Gasteiger partial charge in [0.1, 0.15) is 0 Å². The summed E-state index contributed by atoms with van der Waals surface area (Å²) in [5, 5.41) is 16.0. The van der Waals surface area contributed by atoms with Crippen molar-refractivity contribution in [1.29, 1.82) is 0 Å². The van der Waals surface area contributed by atoms with Gasteiger partial charge in [-0.3, -0.25) is 4.68 Å². The molecule has 2 rings (SSSR count). The van der Waals surface area contributed by atoms with E-state index in [0.29, 0.717) is 5.69 Å². The molecular weight excluding hydrogens is 206 g/mol. The van der Waals surface area contributed by atoms with E-state index in [-0.39, 0.29) is 5.56 Å². The molecule has 0 aliphatic carbocycles. The van der Waals surface area contributed by atoms with E-state index in [1.807, 2.05) is 0 Å². The number of carboxylic acids is 1. The summed E-state index contributed by atoms with van der Waals surface area (Å²) in [5.74, 6) is -0.952. The van der Waals surface area contributed by atoms with E-state index >= 15 is 0 Å². The van der Waals surface area contributed by atoms with Gasteiger partial charge in [0.2, 0.25) is 0 Å². The standard InChI is InChI=1S/C11H11N3O2/c1-14-7-8(6-12-14)13-10-5-3-2-4-9(10)11(15)16/h2-7,13H,1H3,(H,15,16). The molecule has 0 aliphatic rings. The fourth-order valence-electron chi connectivity index (χ4n) is 1.42. The average molecular weight is 217 g/mol. The normalized spacial score (nSPS) is 10.1. The van der Waals surface area contributed by atoms with Crippen LogP contribution in [0.1, 0.15) is 10.4 Å². The Bertz CT molecular complexity index is 519. The Hall–Kier alpha value is -2.30. The van der Waals surface area contributed by atoms with E-state index in [0.717, 1.165) is 5.69 Å². The van der Waals surface area contributed by atoms with Gasteiger partial charge in [0.25, 0.3) is 0 Å². The van der Waals surface area contributed by atoms with Crippen LogP contribution in [0.3, 0.4) is 0 Å². The maximum Gasteiger partial charge on any atom is 0.337 e. The number of rotatable bonds is 3. The second kappa shape index (κ2) is 4.06. The third-order valence-corrected chi connectivity index (χ3v) is 2.14. The molecule has 2 N–H and O–H groups in total. The van der Waals surface area contributed by atoms with E-state index < -0.39 is 5.97 Å². The lowest BCUT2D eigenvalue weighted by Gasteiger charge is -2.06. The van der Waals surface area contributed by atoms with Crippen molar-refractivity contribution in [2.24, 2.45) is 7.05 Å². The second-order valence-electron chi connectivity index (χ2n) is 3.38. The number of nitrogens with one attached hydrogen (secondary N) is 1. The molecule has 0 bridgehead atoms. The maximum absolute atomic E-state index is 11.0. The summed E-state index contributed by atoms with van der Waals surface area (Å²) in [6, 6.07) is 6.75. The average Bonchev–Trinajstić information content (AvgIpc) is 2.64. The summed E-state index contributed by atoms with van der Waals surface area (Å²) < 4.78 is 1.64. The number of aromatic nitrogens is 2. The highest BCUT2D eigenvalue weighted by Gasteiger charge is 2.09. The largest absolute Gasteiger partial charge is 0.478 e. The molecule has 1 aromatic heterocycles. The first-order valence-corrected chi connectivity index (χ1v) is 4.75. The van der Waals surface area contributed by atoms with Crippen LogP contribution in [-0.2, 0) is 7.05 Å². The van der Waals surface area contributed by atoms with Crippen LogP contribution < -0.4 is 5.32 Å². The molecule has 1 aromatic carbocycles. The molecule has 2 aromatic rings. The van der Waals surface area contributed by atoms with Gasteiger partial charge in [0, 0.05) is 13.2 Å². The molecule has 5 nitrogen and oxygen atoms in total. The van der Waals surface area contributed by atoms with Crippen LogP contribution in [0.5, 0.6) is 0 Å². The Morgan fingerprint density at radius 1 is 1.44 bits per heavy atom. The van der Waals surface area contributed by atoms with Crippen molar-refractivity contribution in [1.82, 2.24) is 9.78 Å². The lowest BCUT2D eigenvalue weighted by atomic mass is 10.2. The first-order valence-electron chi connectivity index (χ1n) is 4.75. The summed E-state index contributed by atoms with van der Waals surface area (Å²) in [6.45, 7) is 0. The third kappa shape index (κ3) is 2.03. The van der Waals surface area contributed by atoms with Gasteiger partial charge in [-0.15, -0.1) is 0 Å². The van der Waals surface area contributed by atoms with Crippen LogP contribution in [0.4, 0.5) is 11.4 Å². The lowest BCUT2D eigenvalue weighted by molar-refractivity contribution is 0.0698. The summed E-state index contributed by atoms with van der Waals surface area (Å²) in [7, 11) is 1.80. The highest BCUT2D eigenvalue weighted by Crippen LogP contribution is 2.19. The van der Waals surface area contributed by atoms with Crippen molar-refractivity contribution in [3.63, 3.8) is 0 Å². The fraction of sp³-hybridized carbons (Fsp3) is 0.0909. The van der Waals surface area contributed by atoms with Gasteiger partial charge in [-0.05, 0) is 12.1 Å². The molecule has 0 unspecified atom stereocenters. The molecule has 0 spiro atoms. The molecule has 0 aliphatic heterocycles. The minimum absolute atomic E-state index is 0.242. The zero-order chi connectivity index (χ0) is 11.5. The van der Waals surface area contributed by atoms with E-state index in [2.05, 4.69) is 10.4 Å². The number of nitrogens with zero attached hydrogens (tertiary/aromatic N) is 2. The van der Waals surface area contributed by atoms with Crippen molar-refractivity contribution in [2.45, 2.75) is 0 Å². The molecule has 5 heteroatoms. The number of para-hydroxylation sites is 1. The summed E-state index contributed by atoms with van der Waals surface area (Å²) in [6.07, 6.45) is 3.41. The molecule has 82 valence electrons. The topological polar surface area (TPSA) is 67.2 Å². The lowest BCUT2D eigenvalue weighted by Crippen LogP contribution is -2.01. The molecule has 0 saturated carbocycles. The molecule has 0 amide bonds. The van der Waals surface area contributed by atoms with Gasteiger partial charge in [-0.25, -0.2) is 4.79 Å². The molecule has 1 heterocycles. The van der Waals surface area contributed by atoms with E-state index in [9.17, 15) is 4.79 Å². The predicted molar refractivity (Wildman–Crippen MR) is 59.9 cm³/mol. The fourth-order valence-corrected chi connectivity index (χ4v) is 1.42. The summed E-state index contributed by atoms with van der Waals surface area (Å²) >= 11 is 0. The van der Waals surface area contributed by atoms with Crippen molar-refractivity contribution < 1.29 is 9.90 Å². The SMILES string of the molecule is Cn1cc(Nc2ccccc2C(=O)O)cn1. The maximum atomic E-state index is 11.0. The van der Waals surface area contributed by atoms with Crippen molar-refractivity contribution in [3.8, 4) is 0 Å². The number of aromatic carboxylic acids is 1. The minimum atomic E-state index is -0.952. The smallest absolute Gasteiger partial charge is 0.337 e. The van der Waals surface area contributed by atoms with E-state index in [4.69, 9.17) is 5.11 Å². The quantitative estimate of drug-likeness (QED) is 0.823. The molecule has 0 atom stereocenters. The van der Waals surface area contributed by atoms with Crippen molar-refractivity contribution in [2.75, 3.05) is 5.32 Å². The van der Waals surface area contributed by atoms with Gasteiger partial charge in [-0.2, -0.15) is 5.10 Å². The van der Waals surface area contributed by atoms with Crippen LogP contribution in [-0.4, -0.2) is 20.9 Å². The number of anilines is 2. The van der Waals surface area contributed by atoms with Crippen molar-refractivity contribution in [3.05, 3.63) is 42.2 Å². The predicted octanol–water partition coefficient (Wildman–Crippen LogP) is 1.86. The van der Waals surface area contributed by atoms with Gasteiger partial charge >= 0.3 is 5.97 Å². The van der Waals surface area contributed by atoms with E-state index in [1.54, 1.807) is 48.4 Å².